The molecule has 1 heterocycles. The molecule has 0 saturated heterocycles. The van der Waals surface area contributed by atoms with E-state index in [1.807, 2.05) is 0 Å². The van der Waals surface area contributed by atoms with E-state index < -0.39 is 18.4 Å². The van der Waals surface area contributed by atoms with Crippen molar-refractivity contribution in [2.24, 2.45) is 5.73 Å². The zero-order valence-corrected chi connectivity index (χ0v) is 16.8. The number of nitrogens with two attached hydrogens (primary N) is 1. The summed E-state index contributed by atoms with van der Waals surface area (Å²) in [5, 5.41) is 8.47. The first-order valence-corrected chi connectivity index (χ1v) is 9.34. The average molecular weight is 434 g/mol. The number of hydrogen-bond donors (Lipinski definition) is 4. The summed E-state index contributed by atoms with van der Waals surface area (Å²) in [6.07, 6.45) is 2.44. The molecule has 9 nitrogen and oxygen atoms in total. The molecule has 0 aliphatic rings. The molecule has 1 aromatic heterocycles. The number of alkyl halides is 1. The normalized spacial score (nSPS) is 10.2. The largest absolute Gasteiger partial charge is 0.363 e. The van der Waals surface area contributed by atoms with Gasteiger partial charge in [0.15, 0.2) is 0 Å². The zero-order chi connectivity index (χ0) is 23.1. The van der Waals surface area contributed by atoms with E-state index in [9.17, 15) is 18.8 Å². The summed E-state index contributed by atoms with van der Waals surface area (Å²) in [7, 11) is 0. The molecular formula is C22H19FN6O3. The number of nitrogens with one attached hydrogen (secondary N) is 3. The summed E-state index contributed by atoms with van der Waals surface area (Å²) < 4.78 is 13.5. The molecule has 32 heavy (non-hydrogen) atoms. The molecule has 5 N–H and O–H groups in total. The van der Waals surface area contributed by atoms with Crippen LogP contribution in [-0.2, 0) is 16.3 Å². The lowest BCUT2D eigenvalue weighted by Gasteiger charge is -2.14. The molecule has 0 atom stereocenters. The average Bonchev–Trinajstić information content (AvgIpc) is 2.79. The first-order valence-electron chi connectivity index (χ1n) is 9.34. The molecule has 3 rings (SSSR count). The minimum atomic E-state index is -1.11. The number of hydrogen-bond acceptors (Lipinski definition) is 7. The summed E-state index contributed by atoms with van der Waals surface area (Å²) >= 11 is 0. The zero-order valence-electron chi connectivity index (χ0n) is 16.8. The van der Waals surface area contributed by atoms with Crippen molar-refractivity contribution in [1.29, 1.82) is 0 Å². The van der Waals surface area contributed by atoms with Crippen LogP contribution in [0, 0.1) is 0 Å². The number of nitrogens with zero attached hydrogens (tertiary/aromatic N) is 2. The highest BCUT2D eigenvalue weighted by Gasteiger charge is 2.18. The second-order valence-electron chi connectivity index (χ2n) is 6.46. The number of Topliss-reactive ketones (excluding diaryl/α,β-unsaturated/α-hetero) is 1. The van der Waals surface area contributed by atoms with Gasteiger partial charge in [-0.3, -0.25) is 14.4 Å². The van der Waals surface area contributed by atoms with E-state index in [4.69, 9.17) is 5.73 Å². The van der Waals surface area contributed by atoms with E-state index in [1.165, 1.54) is 12.3 Å². The SMILES string of the molecule is C=CC(=O)Nc1cccc(Nc2ncc(CF)c(Nc3ccccc3C(=O)C(N)=O)n2)c1. The van der Waals surface area contributed by atoms with E-state index >= 15 is 0 Å². The molecule has 0 unspecified atom stereocenters. The predicted molar refractivity (Wildman–Crippen MR) is 119 cm³/mol. The number of rotatable bonds is 9. The summed E-state index contributed by atoms with van der Waals surface area (Å²) in [5.41, 5.74) is 6.61. The van der Waals surface area contributed by atoms with Crippen molar-refractivity contribution >= 4 is 46.4 Å². The maximum atomic E-state index is 13.5. The van der Waals surface area contributed by atoms with Gasteiger partial charge in [-0.15, -0.1) is 0 Å². The minimum Gasteiger partial charge on any atom is -0.363 e. The van der Waals surface area contributed by atoms with Crippen LogP contribution in [0.5, 0.6) is 0 Å². The minimum absolute atomic E-state index is 0.0311. The van der Waals surface area contributed by atoms with Crippen LogP contribution in [0.3, 0.4) is 0 Å². The van der Waals surface area contributed by atoms with Crippen molar-refractivity contribution in [1.82, 2.24) is 9.97 Å². The highest BCUT2D eigenvalue weighted by molar-refractivity contribution is 6.43. The van der Waals surface area contributed by atoms with Gasteiger partial charge in [0.1, 0.15) is 12.5 Å². The number of amides is 2. The van der Waals surface area contributed by atoms with Crippen molar-refractivity contribution < 1.29 is 18.8 Å². The van der Waals surface area contributed by atoms with E-state index in [1.54, 1.807) is 42.5 Å². The van der Waals surface area contributed by atoms with Gasteiger partial charge in [0, 0.05) is 23.1 Å². The number of ketones is 1. The van der Waals surface area contributed by atoms with Crippen LogP contribution in [-0.4, -0.2) is 27.6 Å². The molecular weight excluding hydrogens is 415 g/mol. The van der Waals surface area contributed by atoms with E-state index in [0.717, 1.165) is 6.08 Å². The summed E-state index contributed by atoms with van der Waals surface area (Å²) in [6, 6.07) is 13.0. The van der Waals surface area contributed by atoms with Crippen LogP contribution in [0.15, 0.2) is 67.4 Å². The molecule has 2 aromatic carbocycles. The van der Waals surface area contributed by atoms with Gasteiger partial charge < -0.3 is 21.7 Å². The Morgan fingerprint density at radius 1 is 1.06 bits per heavy atom. The van der Waals surface area contributed by atoms with Gasteiger partial charge in [0.05, 0.1) is 11.3 Å². The first kappa shape index (κ1) is 22.1. The molecule has 0 saturated carbocycles. The fourth-order valence-corrected chi connectivity index (χ4v) is 2.72. The monoisotopic (exact) mass is 434 g/mol. The molecule has 0 fully saturated rings. The number of para-hydroxylation sites is 1. The molecule has 0 radical (unpaired) electrons. The van der Waals surface area contributed by atoms with E-state index in [0.29, 0.717) is 11.4 Å². The van der Waals surface area contributed by atoms with Gasteiger partial charge in [0.25, 0.3) is 11.7 Å². The smallest absolute Gasteiger partial charge is 0.289 e. The number of carbonyl (C=O) groups is 3. The van der Waals surface area contributed by atoms with E-state index in [2.05, 4.69) is 32.5 Å². The summed E-state index contributed by atoms with van der Waals surface area (Å²) in [6.45, 7) is 2.54. The summed E-state index contributed by atoms with van der Waals surface area (Å²) in [4.78, 5) is 43.3. The Labute approximate surface area is 182 Å². The van der Waals surface area contributed by atoms with Crippen LogP contribution in [0.25, 0.3) is 0 Å². The Kier molecular flexibility index (Phi) is 6.86. The third kappa shape index (κ3) is 5.30. The van der Waals surface area contributed by atoms with Crippen molar-refractivity contribution in [3.8, 4) is 0 Å². The summed E-state index contributed by atoms with van der Waals surface area (Å²) in [5.74, 6) is -2.12. The van der Waals surface area contributed by atoms with Gasteiger partial charge >= 0.3 is 0 Å². The molecule has 10 heteroatoms. The third-order valence-electron chi connectivity index (χ3n) is 4.23. The van der Waals surface area contributed by atoms with Crippen LogP contribution in [0.4, 0.5) is 33.2 Å². The van der Waals surface area contributed by atoms with Crippen LogP contribution in [0.1, 0.15) is 15.9 Å². The fraction of sp³-hybridized carbons (Fsp3) is 0.0455. The lowest BCUT2D eigenvalue weighted by atomic mass is 10.1. The predicted octanol–water partition coefficient (Wildman–Crippen LogP) is 3.23. The molecule has 0 spiro atoms. The molecule has 0 aliphatic heterocycles. The molecule has 162 valence electrons. The number of benzene rings is 2. The Morgan fingerprint density at radius 2 is 1.81 bits per heavy atom. The third-order valence-corrected chi connectivity index (χ3v) is 4.23. The first-order chi connectivity index (χ1) is 15.4. The Bertz CT molecular complexity index is 1200. The number of carbonyl (C=O) groups excluding carboxylic acids is 3. The topological polar surface area (TPSA) is 139 Å². The second kappa shape index (κ2) is 9.94. The number of aromatic nitrogens is 2. The van der Waals surface area contributed by atoms with Crippen molar-refractivity contribution in [2.45, 2.75) is 6.67 Å². The van der Waals surface area contributed by atoms with E-state index in [-0.39, 0.29) is 34.5 Å². The lowest BCUT2D eigenvalue weighted by molar-refractivity contribution is -0.114. The van der Waals surface area contributed by atoms with Crippen molar-refractivity contribution in [2.75, 3.05) is 16.0 Å². The highest BCUT2D eigenvalue weighted by Crippen LogP contribution is 2.25. The van der Waals surface area contributed by atoms with Crippen molar-refractivity contribution in [3.05, 3.63) is 78.5 Å². The van der Waals surface area contributed by atoms with Gasteiger partial charge in [-0.2, -0.15) is 4.98 Å². The second-order valence-corrected chi connectivity index (χ2v) is 6.46. The van der Waals surface area contributed by atoms with Crippen LogP contribution < -0.4 is 21.7 Å². The maximum absolute atomic E-state index is 13.5. The highest BCUT2D eigenvalue weighted by atomic mass is 19.1. The molecule has 2 amide bonds. The van der Waals surface area contributed by atoms with Crippen LogP contribution >= 0.6 is 0 Å². The lowest BCUT2D eigenvalue weighted by Crippen LogP contribution is -2.24. The fourth-order valence-electron chi connectivity index (χ4n) is 2.72. The molecule has 0 bridgehead atoms. The van der Waals surface area contributed by atoms with Gasteiger partial charge in [-0.05, 0) is 36.4 Å². The van der Waals surface area contributed by atoms with Gasteiger partial charge in [0.2, 0.25) is 11.9 Å². The Balaban J connectivity index is 1.89. The van der Waals surface area contributed by atoms with Crippen molar-refractivity contribution in [3.63, 3.8) is 0 Å². The number of primary amides is 1. The maximum Gasteiger partial charge on any atom is 0.289 e. The number of anilines is 5. The molecule has 0 aliphatic carbocycles. The quantitative estimate of drug-likeness (QED) is 0.230. The Hall–Kier alpha value is -4.60. The van der Waals surface area contributed by atoms with Gasteiger partial charge in [-0.25, -0.2) is 9.37 Å². The number of halogens is 1. The Morgan fingerprint density at radius 3 is 2.53 bits per heavy atom. The van der Waals surface area contributed by atoms with Gasteiger partial charge in [-0.1, -0.05) is 24.8 Å². The van der Waals surface area contributed by atoms with Crippen LogP contribution in [0.2, 0.25) is 0 Å². The molecule has 3 aromatic rings. The standard InChI is InChI=1S/C22H19FN6O3/c1-2-18(30)26-14-6-5-7-15(10-14)27-22-25-12-13(11-23)21(29-22)28-17-9-4-3-8-16(17)19(31)20(24)32/h2-10,12H,1,11H2,(H2,24,32)(H,26,30)(H2,25,27,28,29).